The zero-order valence-corrected chi connectivity index (χ0v) is 19.2. The fourth-order valence-electron chi connectivity index (χ4n) is 3.66. The lowest BCUT2D eigenvalue weighted by molar-refractivity contribution is 0.295. The Morgan fingerprint density at radius 2 is 1.83 bits per heavy atom. The fourth-order valence-corrected chi connectivity index (χ4v) is 3.82. The molecule has 0 saturated carbocycles. The first kappa shape index (κ1) is 23.5. The maximum Gasteiger partial charge on any atom is 0.119 e. The molecule has 0 fully saturated rings. The van der Waals surface area contributed by atoms with Crippen LogP contribution in [0.25, 0.3) is 21.8 Å². The lowest BCUT2D eigenvalue weighted by atomic mass is 10.1. The molecular formula is C23H31Cl2N3O. The van der Waals surface area contributed by atoms with Gasteiger partial charge in [0.05, 0.1) is 23.8 Å². The van der Waals surface area contributed by atoms with Gasteiger partial charge in [0.2, 0.25) is 0 Å². The smallest absolute Gasteiger partial charge is 0.119 e. The van der Waals surface area contributed by atoms with Crippen molar-refractivity contribution in [1.29, 1.82) is 0 Å². The molecule has 6 heteroatoms. The Kier molecular flexibility index (Phi) is 8.81. The van der Waals surface area contributed by atoms with E-state index in [2.05, 4.69) is 43.1 Å². The number of nitrogens with one attached hydrogen (secondary N) is 1. The van der Waals surface area contributed by atoms with Crippen molar-refractivity contribution < 1.29 is 4.74 Å². The van der Waals surface area contributed by atoms with Crippen LogP contribution in [-0.4, -0.2) is 42.7 Å². The summed E-state index contributed by atoms with van der Waals surface area (Å²) in [6.45, 7) is 10.0. The molecule has 0 aliphatic carbocycles. The minimum absolute atomic E-state index is 0. The summed E-state index contributed by atoms with van der Waals surface area (Å²) in [6, 6.07) is 12.3. The molecule has 4 nitrogen and oxygen atoms in total. The first-order chi connectivity index (χ1) is 13.5. The summed E-state index contributed by atoms with van der Waals surface area (Å²) in [5.41, 5.74) is 2.95. The topological polar surface area (TPSA) is 37.4 Å². The molecule has 2 aromatic carbocycles. The molecule has 0 aliphatic heterocycles. The summed E-state index contributed by atoms with van der Waals surface area (Å²) >= 11 is 6.22. The molecule has 0 bridgehead atoms. The van der Waals surface area contributed by atoms with Gasteiger partial charge in [-0.25, -0.2) is 4.98 Å². The average molecular weight is 436 g/mol. The zero-order chi connectivity index (χ0) is 20.1. The summed E-state index contributed by atoms with van der Waals surface area (Å²) in [5.74, 6) is 0.833. The van der Waals surface area contributed by atoms with E-state index in [0.29, 0.717) is 11.1 Å². The molecule has 0 amide bonds. The van der Waals surface area contributed by atoms with Crippen molar-refractivity contribution in [2.75, 3.05) is 32.1 Å². The fraction of sp³-hybridized carbons (Fsp3) is 0.435. The third kappa shape index (κ3) is 5.65. The van der Waals surface area contributed by atoms with Gasteiger partial charge >= 0.3 is 0 Å². The van der Waals surface area contributed by atoms with Crippen molar-refractivity contribution in [3.63, 3.8) is 0 Å². The van der Waals surface area contributed by atoms with Crippen molar-refractivity contribution in [2.24, 2.45) is 0 Å². The van der Waals surface area contributed by atoms with E-state index in [0.717, 1.165) is 59.3 Å². The van der Waals surface area contributed by atoms with Crippen LogP contribution in [0.2, 0.25) is 5.02 Å². The van der Waals surface area contributed by atoms with Crippen LogP contribution >= 0.6 is 24.0 Å². The highest BCUT2D eigenvalue weighted by Crippen LogP contribution is 2.34. The number of ether oxygens (including phenoxy) is 1. The Labute approximate surface area is 185 Å². The van der Waals surface area contributed by atoms with Crippen molar-refractivity contribution in [3.8, 4) is 5.75 Å². The minimum Gasteiger partial charge on any atom is -0.497 e. The second kappa shape index (κ2) is 10.9. The zero-order valence-electron chi connectivity index (χ0n) is 17.7. The molecule has 158 valence electrons. The molecular weight excluding hydrogens is 405 g/mol. The molecule has 0 aliphatic rings. The quantitative estimate of drug-likeness (QED) is 0.394. The highest BCUT2D eigenvalue weighted by molar-refractivity contribution is 6.31. The van der Waals surface area contributed by atoms with E-state index >= 15 is 0 Å². The summed E-state index contributed by atoms with van der Waals surface area (Å²) in [6.07, 6.45) is 2.28. The van der Waals surface area contributed by atoms with Gasteiger partial charge in [-0.05, 0) is 75.8 Å². The van der Waals surface area contributed by atoms with Gasteiger partial charge in [-0.15, -0.1) is 12.4 Å². The van der Waals surface area contributed by atoms with E-state index < -0.39 is 0 Å². The van der Waals surface area contributed by atoms with Gasteiger partial charge in [0.1, 0.15) is 5.75 Å². The number of fused-ring (bicyclic) bond motifs is 2. The van der Waals surface area contributed by atoms with Gasteiger partial charge in [-0.3, -0.25) is 0 Å². The molecule has 1 N–H and O–H groups in total. The van der Waals surface area contributed by atoms with Crippen LogP contribution in [0, 0.1) is 0 Å². The van der Waals surface area contributed by atoms with E-state index in [9.17, 15) is 0 Å². The van der Waals surface area contributed by atoms with Crippen LogP contribution in [0.1, 0.15) is 33.6 Å². The number of anilines is 1. The second-order valence-corrected chi connectivity index (χ2v) is 7.68. The molecule has 3 aromatic rings. The maximum atomic E-state index is 6.22. The minimum atomic E-state index is 0. The van der Waals surface area contributed by atoms with Crippen LogP contribution in [0.5, 0.6) is 5.75 Å². The number of aromatic nitrogens is 1. The predicted octanol–water partition coefficient (Wildman–Crippen LogP) is 6.39. The number of nitrogens with zero attached hydrogens (tertiary/aromatic N) is 2. The molecule has 0 saturated heterocycles. The van der Waals surface area contributed by atoms with Crippen molar-refractivity contribution >= 4 is 51.5 Å². The Balaban J connectivity index is 0.00000300. The van der Waals surface area contributed by atoms with E-state index in [-0.39, 0.29) is 12.4 Å². The standard InChI is InChI=1S/C23H30ClN3O.ClH/c1-5-27(6-2)13-7-8-16(3)25-23-19-11-9-17(24)14-22(19)26-21-12-10-18(28-4)15-20(21)23;/h9-12,14-16H,5-8,13H2,1-4H3,(H,25,26);1H/t16-;/m1./s1. The Bertz CT molecular complexity index is 944. The molecule has 3 rings (SSSR count). The van der Waals surface area contributed by atoms with E-state index in [1.165, 1.54) is 6.42 Å². The summed E-state index contributed by atoms with van der Waals surface area (Å²) in [4.78, 5) is 7.27. The summed E-state index contributed by atoms with van der Waals surface area (Å²) in [5, 5.41) is 6.61. The molecule has 0 spiro atoms. The number of hydrogen-bond acceptors (Lipinski definition) is 4. The van der Waals surface area contributed by atoms with Crippen LogP contribution in [-0.2, 0) is 0 Å². The normalized spacial score (nSPS) is 12.2. The highest BCUT2D eigenvalue weighted by Gasteiger charge is 2.13. The van der Waals surface area contributed by atoms with Crippen molar-refractivity contribution in [1.82, 2.24) is 9.88 Å². The maximum absolute atomic E-state index is 6.22. The SMILES string of the molecule is CCN(CC)CCC[C@@H](C)Nc1c2ccc(Cl)cc2nc2ccc(OC)cc12.Cl. The van der Waals surface area contributed by atoms with Gasteiger partial charge in [-0.1, -0.05) is 25.4 Å². The highest BCUT2D eigenvalue weighted by atomic mass is 35.5. The third-order valence-electron chi connectivity index (χ3n) is 5.34. The largest absolute Gasteiger partial charge is 0.497 e. The first-order valence-corrected chi connectivity index (χ1v) is 10.5. The monoisotopic (exact) mass is 435 g/mol. The van der Waals surface area contributed by atoms with Crippen molar-refractivity contribution in [3.05, 3.63) is 41.4 Å². The van der Waals surface area contributed by atoms with E-state index in [1.807, 2.05) is 24.3 Å². The predicted molar refractivity (Wildman–Crippen MR) is 128 cm³/mol. The number of halogens is 2. The molecule has 1 aromatic heterocycles. The molecule has 1 atom stereocenters. The van der Waals surface area contributed by atoms with Crippen molar-refractivity contribution in [2.45, 2.75) is 39.7 Å². The molecule has 0 unspecified atom stereocenters. The van der Waals surface area contributed by atoms with Gasteiger partial charge in [-0.2, -0.15) is 0 Å². The average Bonchev–Trinajstić information content (AvgIpc) is 2.70. The van der Waals surface area contributed by atoms with Crippen LogP contribution in [0.3, 0.4) is 0 Å². The van der Waals surface area contributed by atoms with Crippen LogP contribution < -0.4 is 10.1 Å². The number of pyridine rings is 1. The van der Waals surface area contributed by atoms with Gasteiger partial charge < -0.3 is 15.0 Å². The van der Waals surface area contributed by atoms with Crippen LogP contribution in [0.15, 0.2) is 36.4 Å². The lowest BCUT2D eigenvalue weighted by Crippen LogP contribution is -2.25. The second-order valence-electron chi connectivity index (χ2n) is 7.25. The first-order valence-electron chi connectivity index (χ1n) is 10.1. The van der Waals surface area contributed by atoms with E-state index in [1.54, 1.807) is 7.11 Å². The third-order valence-corrected chi connectivity index (χ3v) is 5.57. The molecule has 1 heterocycles. The number of methoxy groups -OCH3 is 1. The number of benzene rings is 2. The number of hydrogen-bond donors (Lipinski definition) is 1. The Morgan fingerprint density at radius 3 is 2.52 bits per heavy atom. The lowest BCUT2D eigenvalue weighted by Gasteiger charge is -2.22. The van der Waals surface area contributed by atoms with Crippen LogP contribution in [0.4, 0.5) is 5.69 Å². The van der Waals surface area contributed by atoms with Gasteiger partial charge in [0.15, 0.2) is 0 Å². The summed E-state index contributed by atoms with van der Waals surface area (Å²) in [7, 11) is 1.69. The number of rotatable bonds is 9. The van der Waals surface area contributed by atoms with Gasteiger partial charge in [0, 0.05) is 21.8 Å². The summed E-state index contributed by atoms with van der Waals surface area (Å²) < 4.78 is 5.45. The van der Waals surface area contributed by atoms with Gasteiger partial charge in [0.25, 0.3) is 0 Å². The Hall–Kier alpha value is -1.75. The molecule has 29 heavy (non-hydrogen) atoms. The van der Waals surface area contributed by atoms with E-state index in [4.69, 9.17) is 21.3 Å². The molecule has 0 radical (unpaired) electrons. The Morgan fingerprint density at radius 1 is 1.07 bits per heavy atom.